The van der Waals surface area contributed by atoms with Gasteiger partial charge in [-0.3, -0.25) is 9.69 Å². The maximum Gasteiger partial charge on any atom is 0.161 e. The maximum absolute atomic E-state index is 13.6. The molecule has 0 bridgehead atoms. The van der Waals surface area contributed by atoms with Crippen molar-refractivity contribution in [1.29, 1.82) is 0 Å². The third-order valence-electron chi connectivity index (χ3n) is 5.50. The molecule has 0 saturated carbocycles. The third-order valence-corrected chi connectivity index (χ3v) is 5.50. The van der Waals surface area contributed by atoms with E-state index in [0.29, 0.717) is 13.0 Å². The van der Waals surface area contributed by atoms with Gasteiger partial charge in [-0.05, 0) is 24.1 Å². The van der Waals surface area contributed by atoms with Gasteiger partial charge in [0.2, 0.25) is 0 Å². The summed E-state index contributed by atoms with van der Waals surface area (Å²) in [6, 6.07) is 15.7. The predicted octanol–water partition coefficient (Wildman–Crippen LogP) is 2.46. The highest BCUT2D eigenvalue weighted by atomic mass is 16.5. The molecule has 5 heteroatoms. The molecule has 0 radical (unpaired) electrons. The molecule has 1 N–H and O–H groups in total. The Kier molecular flexibility index (Phi) is 5.41. The molecule has 2 aromatic carbocycles. The third kappa shape index (κ3) is 3.70. The second-order valence-corrected chi connectivity index (χ2v) is 7.15. The highest BCUT2D eigenvalue weighted by Crippen LogP contribution is 2.37. The molecule has 2 aromatic rings. The van der Waals surface area contributed by atoms with Gasteiger partial charge < -0.3 is 14.8 Å². The van der Waals surface area contributed by atoms with Gasteiger partial charge >= 0.3 is 0 Å². The Hall–Kier alpha value is -2.37. The number of fused-ring (bicyclic) bond motifs is 1. The van der Waals surface area contributed by atoms with Crippen molar-refractivity contribution in [2.24, 2.45) is 5.92 Å². The molecule has 5 nitrogen and oxygen atoms in total. The summed E-state index contributed by atoms with van der Waals surface area (Å²) in [5.41, 5.74) is 2.06. The number of methoxy groups -OCH3 is 1. The average Bonchev–Trinajstić information content (AvgIpc) is 2.74. The fraction of sp³-hybridized carbons (Fsp3) is 0.409. The molecule has 0 aliphatic carbocycles. The fourth-order valence-electron chi connectivity index (χ4n) is 4.11. The van der Waals surface area contributed by atoms with E-state index < -0.39 is 0 Å². The van der Waals surface area contributed by atoms with Crippen LogP contribution in [0, 0.1) is 5.92 Å². The van der Waals surface area contributed by atoms with E-state index in [-0.39, 0.29) is 17.7 Å². The summed E-state index contributed by atoms with van der Waals surface area (Å²) >= 11 is 0. The van der Waals surface area contributed by atoms with Crippen LogP contribution in [0.2, 0.25) is 0 Å². The van der Waals surface area contributed by atoms with Crippen LogP contribution in [0.5, 0.6) is 11.5 Å². The van der Waals surface area contributed by atoms with Gasteiger partial charge in [0, 0.05) is 31.7 Å². The topological polar surface area (TPSA) is 50.8 Å². The monoisotopic (exact) mass is 366 g/mol. The number of rotatable bonds is 5. The first-order valence-corrected chi connectivity index (χ1v) is 9.60. The van der Waals surface area contributed by atoms with Crippen LogP contribution in [0.3, 0.4) is 0 Å². The molecule has 1 saturated heterocycles. The van der Waals surface area contributed by atoms with E-state index in [1.54, 1.807) is 7.11 Å². The molecular formula is C22H26N2O3. The van der Waals surface area contributed by atoms with Crippen molar-refractivity contribution < 1.29 is 14.3 Å². The highest BCUT2D eigenvalue weighted by Gasteiger charge is 2.36. The smallest absolute Gasteiger partial charge is 0.161 e. The van der Waals surface area contributed by atoms with Gasteiger partial charge in [-0.2, -0.15) is 0 Å². The van der Waals surface area contributed by atoms with Crippen LogP contribution in [-0.2, 0) is 11.2 Å². The number of Topliss-reactive ketones (excluding diaryl/α,β-unsaturated/α-hetero) is 1. The van der Waals surface area contributed by atoms with Crippen molar-refractivity contribution in [2.45, 2.75) is 12.5 Å². The molecule has 2 aliphatic heterocycles. The van der Waals surface area contributed by atoms with Crippen LogP contribution in [0.15, 0.2) is 48.5 Å². The number of benzene rings is 2. The highest BCUT2D eigenvalue weighted by molar-refractivity contribution is 5.88. The SMILES string of the molecule is COc1cccc2c1CC(C(=O)C(c1ccccc1)N1CCNCC1)CO2. The second kappa shape index (κ2) is 8.11. The van der Waals surface area contributed by atoms with Crippen molar-refractivity contribution in [3.63, 3.8) is 0 Å². The quantitative estimate of drug-likeness (QED) is 0.881. The van der Waals surface area contributed by atoms with Gasteiger partial charge in [0.25, 0.3) is 0 Å². The predicted molar refractivity (Wildman–Crippen MR) is 104 cm³/mol. The number of nitrogens with zero attached hydrogens (tertiary/aromatic N) is 1. The van der Waals surface area contributed by atoms with Crippen molar-refractivity contribution in [3.05, 3.63) is 59.7 Å². The number of nitrogens with one attached hydrogen (secondary N) is 1. The summed E-state index contributed by atoms with van der Waals surface area (Å²) in [4.78, 5) is 15.9. The molecule has 2 aliphatic rings. The van der Waals surface area contributed by atoms with E-state index >= 15 is 0 Å². The minimum atomic E-state index is -0.224. The lowest BCUT2D eigenvalue weighted by Crippen LogP contribution is -2.49. The molecular weight excluding hydrogens is 340 g/mol. The lowest BCUT2D eigenvalue weighted by Gasteiger charge is -2.37. The molecule has 142 valence electrons. The van der Waals surface area contributed by atoms with Crippen LogP contribution in [0.25, 0.3) is 0 Å². The van der Waals surface area contributed by atoms with E-state index in [0.717, 1.165) is 48.8 Å². The molecule has 2 unspecified atom stereocenters. The van der Waals surface area contributed by atoms with E-state index in [1.807, 2.05) is 36.4 Å². The molecule has 27 heavy (non-hydrogen) atoms. The van der Waals surface area contributed by atoms with Gasteiger partial charge in [-0.25, -0.2) is 0 Å². The zero-order valence-corrected chi connectivity index (χ0v) is 15.7. The molecule has 0 spiro atoms. The minimum Gasteiger partial charge on any atom is -0.496 e. The summed E-state index contributed by atoms with van der Waals surface area (Å²) in [6.45, 7) is 3.99. The number of carbonyl (C=O) groups is 1. The van der Waals surface area contributed by atoms with Gasteiger partial charge in [0.15, 0.2) is 5.78 Å². The van der Waals surface area contributed by atoms with Crippen molar-refractivity contribution >= 4 is 5.78 Å². The number of hydrogen-bond donors (Lipinski definition) is 1. The van der Waals surface area contributed by atoms with Crippen molar-refractivity contribution in [1.82, 2.24) is 10.2 Å². The lowest BCUT2D eigenvalue weighted by molar-refractivity contribution is -0.130. The Bertz CT molecular complexity index is 773. The van der Waals surface area contributed by atoms with Crippen LogP contribution >= 0.6 is 0 Å². The molecule has 4 rings (SSSR count). The molecule has 2 heterocycles. The van der Waals surface area contributed by atoms with Gasteiger partial charge in [-0.1, -0.05) is 36.4 Å². The fourth-order valence-corrected chi connectivity index (χ4v) is 4.11. The molecule has 0 aromatic heterocycles. The maximum atomic E-state index is 13.6. The zero-order chi connectivity index (χ0) is 18.6. The normalized spacial score (nSPS) is 21.0. The molecule has 0 amide bonds. The first-order valence-electron chi connectivity index (χ1n) is 9.60. The first kappa shape index (κ1) is 18.0. The zero-order valence-electron chi connectivity index (χ0n) is 15.7. The second-order valence-electron chi connectivity index (χ2n) is 7.15. The van der Waals surface area contributed by atoms with E-state index in [9.17, 15) is 4.79 Å². The Labute approximate surface area is 160 Å². The van der Waals surface area contributed by atoms with Gasteiger partial charge in [-0.15, -0.1) is 0 Å². The number of ketones is 1. The Morgan fingerprint density at radius 3 is 2.67 bits per heavy atom. The largest absolute Gasteiger partial charge is 0.496 e. The summed E-state index contributed by atoms with van der Waals surface area (Å²) < 4.78 is 11.4. The minimum absolute atomic E-state index is 0.172. The Morgan fingerprint density at radius 1 is 1.15 bits per heavy atom. The van der Waals surface area contributed by atoms with Crippen molar-refractivity contribution in [3.8, 4) is 11.5 Å². The van der Waals surface area contributed by atoms with E-state index in [2.05, 4.69) is 22.3 Å². The van der Waals surface area contributed by atoms with E-state index in [1.165, 1.54) is 0 Å². The van der Waals surface area contributed by atoms with Crippen LogP contribution in [0.1, 0.15) is 17.2 Å². The summed E-state index contributed by atoms with van der Waals surface area (Å²) in [5, 5.41) is 3.37. The van der Waals surface area contributed by atoms with Crippen LogP contribution < -0.4 is 14.8 Å². The number of ether oxygens (including phenoxy) is 2. The first-order chi connectivity index (χ1) is 13.3. The van der Waals surface area contributed by atoms with Crippen molar-refractivity contribution in [2.75, 3.05) is 39.9 Å². The standard InChI is InChI=1S/C22H26N2O3/c1-26-19-8-5-9-20-18(19)14-17(15-27-20)22(25)21(16-6-3-2-4-7-16)24-12-10-23-11-13-24/h2-9,17,21,23H,10-15H2,1H3. The number of piperazine rings is 1. The Balaban J connectivity index is 1.62. The van der Waals surface area contributed by atoms with E-state index in [4.69, 9.17) is 9.47 Å². The average molecular weight is 366 g/mol. The summed E-state index contributed by atoms with van der Waals surface area (Å²) in [5.74, 6) is 1.69. The van der Waals surface area contributed by atoms with Crippen LogP contribution in [-0.4, -0.2) is 50.6 Å². The summed E-state index contributed by atoms with van der Waals surface area (Å²) in [6.07, 6.45) is 0.660. The molecule has 2 atom stereocenters. The number of hydrogen-bond acceptors (Lipinski definition) is 5. The lowest BCUT2D eigenvalue weighted by atomic mass is 9.86. The van der Waals surface area contributed by atoms with Crippen LogP contribution in [0.4, 0.5) is 0 Å². The Morgan fingerprint density at radius 2 is 1.93 bits per heavy atom. The van der Waals surface area contributed by atoms with Gasteiger partial charge in [0.1, 0.15) is 11.5 Å². The molecule has 1 fully saturated rings. The van der Waals surface area contributed by atoms with Gasteiger partial charge in [0.05, 0.1) is 25.7 Å². The summed E-state index contributed by atoms with van der Waals surface area (Å²) in [7, 11) is 1.66. The number of carbonyl (C=O) groups excluding carboxylic acids is 1.